The first-order chi connectivity index (χ1) is 14.6. The number of rotatable bonds is 9. The third-order valence-electron chi connectivity index (χ3n) is 5.07. The Morgan fingerprint density at radius 2 is 2.06 bits per heavy atom. The molecule has 0 radical (unpaired) electrons. The SMILES string of the molecule is CCCCNc1nc(SCCC(F)(F)F)nc2c1nnn2C1C[C@H](C(N)=O)C(O)C1O. The highest BCUT2D eigenvalue weighted by Gasteiger charge is 2.46. The number of nitrogens with two attached hydrogens (primary N) is 1. The lowest BCUT2D eigenvalue weighted by molar-refractivity contribution is -0.129. The summed E-state index contributed by atoms with van der Waals surface area (Å²) in [6.07, 6.45) is -6.22. The molecule has 1 amide bonds. The molecular weight excluding hydrogens is 439 g/mol. The van der Waals surface area contributed by atoms with Crippen LogP contribution in [0, 0.1) is 5.92 Å². The summed E-state index contributed by atoms with van der Waals surface area (Å²) in [5.74, 6) is -1.67. The fourth-order valence-electron chi connectivity index (χ4n) is 3.40. The zero-order valence-electron chi connectivity index (χ0n) is 16.7. The predicted octanol–water partition coefficient (Wildman–Crippen LogP) is 1.25. The summed E-state index contributed by atoms with van der Waals surface area (Å²) >= 11 is 0.840. The number of amides is 1. The van der Waals surface area contributed by atoms with Gasteiger partial charge in [0.05, 0.1) is 24.5 Å². The van der Waals surface area contributed by atoms with Gasteiger partial charge in [0.2, 0.25) is 5.91 Å². The fourth-order valence-corrected chi connectivity index (χ4v) is 4.22. The van der Waals surface area contributed by atoms with Crippen LogP contribution in [-0.2, 0) is 4.79 Å². The molecule has 1 fully saturated rings. The van der Waals surface area contributed by atoms with Crippen molar-refractivity contribution in [2.45, 2.75) is 62.2 Å². The van der Waals surface area contributed by atoms with E-state index in [1.807, 2.05) is 6.92 Å². The lowest BCUT2D eigenvalue weighted by Crippen LogP contribution is -2.35. The molecule has 2 aromatic heterocycles. The van der Waals surface area contributed by atoms with Crippen LogP contribution in [0.5, 0.6) is 0 Å². The van der Waals surface area contributed by atoms with E-state index in [9.17, 15) is 28.2 Å². The Labute approximate surface area is 179 Å². The van der Waals surface area contributed by atoms with Gasteiger partial charge in [-0.25, -0.2) is 14.6 Å². The van der Waals surface area contributed by atoms with Crippen LogP contribution in [0.25, 0.3) is 11.2 Å². The van der Waals surface area contributed by atoms with Crippen LogP contribution in [0.15, 0.2) is 5.16 Å². The zero-order valence-corrected chi connectivity index (χ0v) is 17.5. The van der Waals surface area contributed by atoms with Crippen LogP contribution in [0.2, 0.25) is 0 Å². The Bertz CT molecular complexity index is 926. The number of alkyl halides is 3. The van der Waals surface area contributed by atoms with Crippen molar-refractivity contribution in [1.82, 2.24) is 25.0 Å². The minimum Gasteiger partial charge on any atom is -0.390 e. The second kappa shape index (κ2) is 9.53. The molecule has 31 heavy (non-hydrogen) atoms. The molecule has 4 atom stereocenters. The number of unbranched alkanes of at least 4 members (excludes halogenated alkanes) is 1. The normalized spacial score (nSPS) is 24.1. The number of aliphatic hydroxyl groups is 2. The van der Waals surface area contributed by atoms with Crippen molar-refractivity contribution >= 4 is 34.7 Å². The highest BCUT2D eigenvalue weighted by molar-refractivity contribution is 7.99. The number of anilines is 1. The molecule has 2 heterocycles. The van der Waals surface area contributed by atoms with E-state index in [2.05, 4.69) is 25.6 Å². The molecule has 10 nitrogen and oxygen atoms in total. The first-order valence-electron chi connectivity index (χ1n) is 9.84. The summed E-state index contributed by atoms with van der Waals surface area (Å²) in [5, 5.41) is 31.8. The third kappa shape index (κ3) is 5.36. The number of carbonyl (C=O) groups excluding carboxylic acids is 1. The summed E-state index contributed by atoms with van der Waals surface area (Å²) in [4.78, 5) is 20.1. The molecule has 0 aromatic carbocycles. The minimum atomic E-state index is -4.30. The molecule has 3 unspecified atom stereocenters. The van der Waals surface area contributed by atoms with Gasteiger partial charge in [0, 0.05) is 12.3 Å². The molecule has 1 aliphatic rings. The Morgan fingerprint density at radius 3 is 2.68 bits per heavy atom. The van der Waals surface area contributed by atoms with Crippen molar-refractivity contribution < 1.29 is 28.2 Å². The van der Waals surface area contributed by atoms with Gasteiger partial charge in [0.15, 0.2) is 22.1 Å². The average molecular weight is 463 g/mol. The van der Waals surface area contributed by atoms with Gasteiger partial charge in [-0.3, -0.25) is 4.79 Å². The van der Waals surface area contributed by atoms with Crippen molar-refractivity contribution in [3.63, 3.8) is 0 Å². The number of primary amides is 1. The van der Waals surface area contributed by atoms with E-state index in [0.29, 0.717) is 12.4 Å². The van der Waals surface area contributed by atoms with Gasteiger partial charge >= 0.3 is 6.18 Å². The first kappa shape index (κ1) is 23.5. The van der Waals surface area contributed by atoms with Crippen LogP contribution >= 0.6 is 11.8 Å². The van der Waals surface area contributed by atoms with Crippen LogP contribution in [0.1, 0.15) is 38.6 Å². The predicted molar refractivity (Wildman–Crippen MR) is 106 cm³/mol. The molecule has 1 aliphatic carbocycles. The van der Waals surface area contributed by atoms with Crippen LogP contribution in [0.4, 0.5) is 19.0 Å². The van der Waals surface area contributed by atoms with E-state index >= 15 is 0 Å². The summed E-state index contributed by atoms with van der Waals surface area (Å²) in [5.41, 5.74) is 5.76. The number of hydrogen-bond acceptors (Lipinski definition) is 9. The van der Waals surface area contributed by atoms with Gasteiger partial charge in [-0.1, -0.05) is 30.3 Å². The Hall–Kier alpha value is -2.19. The van der Waals surface area contributed by atoms with E-state index in [1.165, 1.54) is 4.68 Å². The second-order valence-corrected chi connectivity index (χ2v) is 8.41. The number of nitrogens with zero attached hydrogens (tertiary/aromatic N) is 5. The molecular formula is C17H24F3N7O3S. The van der Waals surface area contributed by atoms with Crippen LogP contribution in [0.3, 0.4) is 0 Å². The number of halogens is 3. The maximum Gasteiger partial charge on any atom is 0.389 e. The maximum absolute atomic E-state index is 12.5. The van der Waals surface area contributed by atoms with Crippen LogP contribution in [-0.4, -0.2) is 71.8 Å². The summed E-state index contributed by atoms with van der Waals surface area (Å²) in [6, 6.07) is -0.830. The molecule has 14 heteroatoms. The summed E-state index contributed by atoms with van der Waals surface area (Å²) in [6.45, 7) is 2.57. The number of nitrogens with one attached hydrogen (secondary N) is 1. The van der Waals surface area contributed by atoms with Crippen LogP contribution < -0.4 is 11.1 Å². The molecule has 3 rings (SSSR count). The lowest BCUT2D eigenvalue weighted by Gasteiger charge is -2.17. The molecule has 0 bridgehead atoms. The van der Waals surface area contributed by atoms with Gasteiger partial charge in [0.25, 0.3) is 0 Å². The molecule has 2 aromatic rings. The summed E-state index contributed by atoms with van der Waals surface area (Å²) in [7, 11) is 0. The quantitative estimate of drug-likeness (QED) is 0.244. The maximum atomic E-state index is 12.5. The van der Waals surface area contributed by atoms with Gasteiger partial charge in [-0.2, -0.15) is 13.2 Å². The van der Waals surface area contributed by atoms with E-state index in [-0.39, 0.29) is 28.5 Å². The third-order valence-corrected chi connectivity index (χ3v) is 5.92. The van der Waals surface area contributed by atoms with E-state index in [0.717, 1.165) is 24.6 Å². The monoisotopic (exact) mass is 463 g/mol. The molecule has 0 saturated heterocycles. The fraction of sp³-hybridized carbons (Fsp3) is 0.706. The van der Waals surface area contributed by atoms with Crippen molar-refractivity contribution in [1.29, 1.82) is 0 Å². The van der Waals surface area contributed by atoms with Crippen molar-refractivity contribution in [2.24, 2.45) is 11.7 Å². The highest BCUT2D eigenvalue weighted by Crippen LogP contribution is 2.37. The van der Waals surface area contributed by atoms with E-state index in [1.54, 1.807) is 0 Å². The topological polar surface area (TPSA) is 152 Å². The Morgan fingerprint density at radius 1 is 1.32 bits per heavy atom. The minimum absolute atomic E-state index is 0.0231. The van der Waals surface area contributed by atoms with Crippen molar-refractivity contribution in [3.05, 3.63) is 0 Å². The van der Waals surface area contributed by atoms with E-state index in [4.69, 9.17) is 5.73 Å². The van der Waals surface area contributed by atoms with Gasteiger partial charge < -0.3 is 21.3 Å². The molecule has 5 N–H and O–H groups in total. The van der Waals surface area contributed by atoms with Crippen molar-refractivity contribution in [2.75, 3.05) is 17.6 Å². The molecule has 0 spiro atoms. The number of hydrogen-bond donors (Lipinski definition) is 4. The van der Waals surface area contributed by atoms with Crippen molar-refractivity contribution in [3.8, 4) is 0 Å². The molecule has 172 valence electrons. The van der Waals surface area contributed by atoms with Gasteiger partial charge in [0.1, 0.15) is 6.10 Å². The first-order valence-corrected chi connectivity index (χ1v) is 10.8. The smallest absolute Gasteiger partial charge is 0.389 e. The largest absolute Gasteiger partial charge is 0.390 e. The Kier molecular flexibility index (Phi) is 7.21. The molecule has 1 saturated carbocycles. The average Bonchev–Trinajstić information content (AvgIpc) is 3.22. The highest BCUT2D eigenvalue weighted by atomic mass is 32.2. The molecule has 0 aliphatic heterocycles. The number of fused-ring (bicyclic) bond motifs is 1. The van der Waals surface area contributed by atoms with Gasteiger partial charge in [-0.15, -0.1) is 5.10 Å². The lowest BCUT2D eigenvalue weighted by atomic mass is 10.1. The number of carbonyl (C=O) groups is 1. The summed E-state index contributed by atoms with van der Waals surface area (Å²) < 4.78 is 38.8. The Balaban J connectivity index is 1.94. The van der Waals surface area contributed by atoms with E-state index < -0.39 is 42.7 Å². The number of aliphatic hydroxyl groups excluding tert-OH is 2. The van der Waals surface area contributed by atoms with Gasteiger partial charge in [-0.05, 0) is 12.8 Å². The standard InChI is InChI=1S/C17H24F3N7O3S/c1-2-3-5-22-14-10-15(24-16(23-14)31-6-4-17(18,19)20)27(26-25-10)9-7-8(13(21)30)11(28)12(9)29/h8-9,11-12,28-29H,2-7H2,1H3,(H2,21,30)(H,22,23,24)/t8-,9?,11?,12?/m0/s1. The number of thioether (sulfide) groups is 1. The second-order valence-electron chi connectivity index (χ2n) is 7.35. The zero-order chi connectivity index (χ0) is 22.8. The number of aromatic nitrogens is 5.